The van der Waals surface area contributed by atoms with Gasteiger partial charge in [-0.25, -0.2) is 0 Å². The van der Waals surface area contributed by atoms with Crippen molar-refractivity contribution in [1.82, 2.24) is 29.5 Å². The summed E-state index contributed by atoms with van der Waals surface area (Å²) in [5, 5.41) is 13.8. The minimum Gasteiger partial charge on any atom is -0.461 e. The largest absolute Gasteiger partial charge is 0.461 e. The van der Waals surface area contributed by atoms with Gasteiger partial charge in [-0.05, 0) is 30.9 Å². The van der Waals surface area contributed by atoms with Crippen molar-refractivity contribution in [3.05, 3.63) is 18.4 Å². The van der Waals surface area contributed by atoms with Gasteiger partial charge in [0.25, 0.3) is 5.78 Å². The van der Waals surface area contributed by atoms with Crippen molar-refractivity contribution >= 4 is 17.7 Å². The van der Waals surface area contributed by atoms with Gasteiger partial charge in [-0.15, -0.1) is 5.10 Å². The van der Waals surface area contributed by atoms with Crippen LogP contribution >= 0.6 is 0 Å². The fraction of sp³-hybridized carbons (Fsp3) is 0.529. The Kier molecular flexibility index (Phi) is 3.94. The molecule has 0 amide bonds. The van der Waals surface area contributed by atoms with Crippen LogP contribution in [0.3, 0.4) is 0 Å². The number of hydrogen-bond acceptors (Lipinski definition) is 9. The Morgan fingerprint density at radius 2 is 2.11 bits per heavy atom. The van der Waals surface area contributed by atoms with E-state index in [9.17, 15) is 5.11 Å². The molecule has 3 aromatic rings. The normalized spacial score (nSPS) is 23.7. The summed E-state index contributed by atoms with van der Waals surface area (Å²) < 4.78 is 6.79. The number of piperazine rings is 1. The van der Waals surface area contributed by atoms with Gasteiger partial charge in [-0.1, -0.05) is 0 Å². The van der Waals surface area contributed by atoms with Crippen LogP contribution in [0, 0.1) is 5.92 Å². The quantitative estimate of drug-likeness (QED) is 0.668. The molecule has 2 fully saturated rings. The minimum atomic E-state index is 0.256. The zero-order valence-corrected chi connectivity index (χ0v) is 14.9. The number of aliphatic hydroxyl groups excluding tert-OH is 1. The van der Waals surface area contributed by atoms with E-state index < -0.39 is 0 Å². The van der Waals surface area contributed by atoms with E-state index in [0.29, 0.717) is 35.3 Å². The van der Waals surface area contributed by atoms with Crippen molar-refractivity contribution in [3.8, 4) is 11.6 Å². The van der Waals surface area contributed by atoms with Crippen molar-refractivity contribution in [2.45, 2.75) is 18.9 Å². The highest BCUT2D eigenvalue weighted by molar-refractivity contribution is 5.53. The molecule has 5 heterocycles. The number of aliphatic hydroxyl groups is 1. The fourth-order valence-corrected chi connectivity index (χ4v) is 4.03. The maximum atomic E-state index is 9.42. The monoisotopic (exact) mass is 370 g/mol. The molecule has 2 aliphatic heterocycles. The van der Waals surface area contributed by atoms with Crippen LogP contribution in [0.5, 0.6) is 0 Å². The lowest BCUT2D eigenvalue weighted by Gasteiger charge is -2.46. The summed E-state index contributed by atoms with van der Waals surface area (Å²) in [6, 6.07) is 4.03. The number of nitrogen functional groups attached to an aromatic ring is 1. The molecular formula is C17H22N8O2. The van der Waals surface area contributed by atoms with Crippen LogP contribution in [0.4, 0.5) is 11.9 Å². The highest BCUT2D eigenvalue weighted by Gasteiger charge is 2.33. The molecular weight excluding hydrogens is 348 g/mol. The number of furan rings is 1. The van der Waals surface area contributed by atoms with E-state index in [1.165, 1.54) is 4.52 Å². The van der Waals surface area contributed by atoms with Crippen LogP contribution in [0.1, 0.15) is 12.8 Å². The van der Waals surface area contributed by atoms with Gasteiger partial charge in [-0.3, -0.25) is 4.90 Å². The summed E-state index contributed by atoms with van der Waals surface area (Å²) in [7, 11) is 0. The lowest BCUT2D eigenvalue weighted by molar-refractivity contribution is 0.0671. The molecule has 3 aromatic heterocycles. The number of piperidine rings is 1. The van der Waals surface area contributed by atoms with Gasteiger partial charge in [0.05, 0.1) is 6.26 Å². The molecule has 2 aliphatic rings. The van der Waals surface area contributed by atoms with Gasteiger partial charge in [0.1, 0.15) is 0 Å². The zero-order chi connectivity index (χ0) is 18.4. The average molecular weight is 370 g/mol. The van der Waals surface area contributed by atoms with Gasteiger partial charge in [0.2, 0.25) is 17.7 Å². The van der Waals surface area contributed by atoms with E-state index in [2.05, 4.69) is 29.9 Å². The third-order valence-electron chi connectivity index (χ3n) is 5.51. The molecule has 27 heavy (non-hydrogen) atoms. The molecule has 5 rings (SSSR count). The molecule has 142 valence electrons. The number of rotatable bonds is 3. The van der Waals surface area contributed by atoms with E-state index >= 15 is 0 Å². The molecule has 10 nitrogen and oxygen atoms in total. The Morgan fingerprint density at radius 1 is 1.19 bits per heavy atom. The molecule has 0 saturated carbocycles. The van der Waals surface area contributed by atoms with Crippen LogP contribution in [-0.4, -0.2) is 73.4 Å². The lowest BCUT2D eigenvalue weighted by atomic mass is 9.92. The first kappa shape index (κ1) is 16.5. The first-order valence-corrected chi connectivity index (χ1v) is 9.25. The van der Waals surface area contributed by atoms with Gasteiger partial charge >= 0.3 is 0 Å². The molecule has 0 aromatic carbocycles. The number of aromatic nitrogens is 5. The first-order valence-electron chi connectivity index (χ1n) is 9.25. The van der Waals surface area contributed by atoms with Crippen molar-refractivity contribution in [2.75, 3.05) is 43.4 Å². The van der Waals surface area contributed by atoms with E-state index in [1.54, 1.807) is 18.4 Å². The summed E-state index contributed by atoms with van der Waals surface area (Å²) in [4.78, 5) is 18.1. The van der Waals surface area contributed by atoms with Gasteiger partial charge in [0, 0.05) is 38.8 Å². The van der Waals surface area contributed by atoms with Gasteiger partial charge in [-0.2, -0.15) is 19.5 Å². The van der Waals surface area contributed by atoms with Gasteiger partial charge < -0.3 is 20.2 Å². The average Bonchev–Trinajstić information content (AvgIpc) is 3.36. The molecule has 0 spiro atoms. The molecule has 3 N–H and O–H groups in total. The van der Waals surface area contributed by atoms with Crippen molar-refractivity contribution in [1.29, 1.82) is 0 Å². The highest BCUT2D eigenvalue weighted by Crippen LogP contribution is 2.27. The highest BCUT2D eigenvalue weighted by atomic mass is 16.3. The summed E-state index contributed by atoms with van der Waals surface area (Å²) in [5.41, 5.74) is 6.11. The SMILES string of the molecule is Nc1nc(N2CCN3C[C@@H](CO)CC[C@H]3C2)nc2nc(-c3ccco3)nn12. The number of fused-ring (bicyclic) bond motifs is 2. The van der Waals surface area contributed by atoms with E-state index in [-0.39, 0.29) is 12.6 Å². The smallest absolute Gasteiger partial charge is 0.259 e. The summed E-state index contributed by atoms with van der Waals surface area (Å²) >= 11 is 0. The fourth-order valence-electron chi connectivity index (χ4n) is 4.03. The maximum absolute atomic E-state index is 9.42. The minimum absolute atomic E-state index is 0.256. The number of anilines is 2. The summed E-state index contributed by atoms with van der Waals surface area (Å²) in [6.45, 7) is 3.85. The Balaban J connectivity index is 1.40. The summed E-state index contributed by atoms with van der Waals surface area (Å²) in [6.07, 6.45) is 3.71. The Labute approximate surface area is 155 Å². The molecule has 0 bridgehead atoms. The van der Waals surface area contributed by atoms with Crippen molar-refractivity contribution in [2.24, 2.45) is 5.92 Å². The van der Waals surface area contributed by atoms with Crippen LogP contribution in [0.25, 0.3) is 17.4 Å². The lowest BCUT2D eigenvalue weighted by Crippen LogP contribution is -2.57. The van der Waals surface area contributed by atoms with Crippen molar-refractivity contribution < 1.29 is 9.52 Å². The van der Waals surface area contributed by atoms with Crippen LogP contribution in [0.15, 0.2) is 22.8 Å². The molecule has 0 unspecified atom stereocenters. The number of nitrogens with zero attached hydrogens (tertiary/aromatic N) is 7. The maximum Gasteiger partial charge on any atom is 0.259 e. The third-order valence-corrected chi connectivity index (χ3v) is 5.51. The Morgan fingerprint density at radius 3 is 2.93 bits per heavy atom. The number of hydrogen-bond donors (Lipinski definition) is 2. The van der Waals surface area contributed by atoms with Crippen LogP contribution in [0.2, 0.25) is 0 Å². The van der Waals surface area contributed by atoms with E-state index in [4.69, 9.17) is 10.2 Å². The second kappa shape index (κ2) is 6.46. The first-order chi connectivity index (χ1) is 13.2. The van der Waals surface area contributed by atoms with Gasteiger partial charge in [0.15, 0.2) is 5.76 Å². The van der Waals surface area contributed by atoms with Crippen LogP contribution in [-0.2, 0) is 0 Å². The topological polar surface area (TPSA) is 122 Å². The van der Waals surface area contributed by atoms with E-state index in [0.717, 1.165) is 39.0 Å². The molecule has 2 atom stereocenters. The Hall–Kier alpha value is -2.72. The second-order valence-electron chi connectivity index (χ2n) is 7.23. The predicted molar refractivity (Wildman–Crippen MR) is 98.1 cm³/mol. The molecule has 2 saturated heterocycles. The Bertz CT molecular complexity index is 940. The zero-order valence-electron chi connectivity index (χ0n) is 14.9. The van der Waals surface area contributed by atoms with E-state index in [1.807, 2.05) is 0 Å². The van der Waals surface area contributed by atoms with Crippen LogP contribution < -0.4 is 10.6 Å². The van der Waals surface area contributed by atoms with Crippen molar-refractivity contribution in [3.63, 3.8) is 0 Å². The molecule has 10 heteroatoms. The molecule has 0 radical (unpaired) electrons. The second-order valence-corrected chi connectivity index (χ2v) is 7.23. The standard InChI is InChI=1S/C17H22N8O2/c18-15-20-16(21-17-19-14(22-25(15)17)13-2-1-7-27-13)24-6-5-23-8-11(10-26)3-4-12(23)9-24/h1-2,7,11-12,26H,3-6,8-10H2,(H2,18,19,20,21,22)/t11-,12-/m0/s1. The predicted octanol–water partition coefficient (Wildman–Crippen LogP) is 0.254. The summed E-state index contributed by atoms with van der Waals surface area (Å²) in [5.74, 6) is 2.65. The third kappa shape index (κ3) is 2.90. The molecule has 0 aliphatic carbocycles. The number of nitrogens with two attached hydrogens (primary N) is 1.